The highest BCUT2D eigenvalue weighted by atomic mass is 79.9. The van der Waals surface area contributed by atoms with Gasteiger partial charge in [0.1, 0.15) is 0 Å². The molecule has 0 atom stereocenters. The number of carbonyl (C=O) groups is 1. The van der Waals surface area contributed by atoms with E-state index in [1.165, 1.54) is 5.56 Å². The Morgan fingerprint density at radius 2 is 2.00 bits per heavy atom. The maximum absolute atomic E-state index is 13.0. The summed E-state index contributed by atoms with van der Waals surface area (Å²) in [5.41, 5.74) is 3.86. The molecule has 5 heteroatoms. The zero-order valence-electron chi connectivity index (χ0n) is 13.8. The molecular formula is C18H22BrN3O. The second-order valence-electron chi connectivity index (χ2n) is 6.60. The average molecular weight is 376 g/mol. The van der Waals surface area contributed by atoms with E-state index in [0.29, 0.717) is 24.2 Å². The van der Waals surface area contributed by atoms with Crippen LogP contribution >= 0.6 is 15.9 Å². The van der Waals surface area contributed by atoms with Gasteiger partial charge in [-0.15, -0.1) is 0 Å². The van der Waals surface area contributed by atoms with Crippen molar-refractivity contribution in [1.29, 1.82) is 0 Å². The molecule has 1 fully saturated rings. The van der Waals surface area contributed by atoms with Crippen LogP contribution in [-0.4, -0.2) is 27.0 Å². The van der Waals surface area contributed by atoms with Gasteiger partial charge in [-0.2, -0.15) is 5.10 Å². The average Bonchev–Trinajstić information content (AvgIpc) is 3.28. The molecule has 1 aromatic heterocycles. The molecule has 1 amide bonds. The number of hydrogen-bond donors (Lipinski definition) is 1. The van der Waals surface area contributed by atoms with Crippen LogP contribution in [0.1, 0.15) is 59.9 Å². The van der Waals surface area contributed by atoms with E-state index in [9.17, 15) is 4.79 Å². The summed E-state index contributed by atoms with van der Waals surface area (Å²) in [5, 5.41) is 7.26. The molecule has 0 spiro atoms. The van der Waals surface area contributed by atoms with Crippen molar-refractivity contribution in [3.8, 4) is 0 Å². The number of aromatic amines is 1. The summed E-state index contributed by atoms with van der Waals surface area (Å²) in [6, 6.07) is 8.71. The molecule has 1 N–H and O–H groups in total. The fourth-order valence-electron chi connectivity index (χ4n) is 2.65. The highest BCUT2D eigenvalue weighted by Crippen LogP contribution is 2.32. The van der Waals surface area contributed by atoms with Crippen LogP contribution in [0.3, 0.4) is 0 Å². The normalized spacial score (nSPS) is 14.3. The Kier molecular flexibility index (Phi) is 4.57. The first-order valence-corrected chi connectivity index (χ1v) is 8.87. The van der Waals surface area contributed by atoms with E-state index in [2.05, 4.69) is 71.2 Å². The smallest absolute Gasteiger partial charge is 0.276 e. The van der Waals surface area contributed by atoms with Crippen LogP contribution in [0.5, 0.6) is 0 Å². The predicted molar refractivity (Wildman–Crippen MR) is 94.5 cm³/mol. The molecule has 122 valence electrons. The van der Waals surface area contributed by atoms with Crippen molar-refractivity contribution in [2.24, 2.45) is 0 Å². The topological polar surface area (TPSA) is 49.0 Å². The zero-order chi connectivity index (χ0) is 16.6. The third kappa shape index (κ3) is 3.50. The number of hydrogen-bond acceptors (Lipinski definition) is 2. The second-order valence-corrected chi connectivity index (χ2v) is 7.40. The molecule has 23 heavy (non-hydrogen) atoms. The first kappa shape index (κ1) is 16.2. The fourth-order valence-corrected chi connectivity index (χ4v) is 3.45. The van der Waals surface area contributed by atoms with Gasteiger partial charge in [0.15, 0.2) is 5.69 Å². The molecule has 3 rings (SSSR count). The number of halogens is 1. The maximum Gasteiger partial charge on any atom is 0.276 e. The van der Waals surface area contributed by atoms with E-state index in [0.717, 1.165) is 28.6 Å². The molecule has 0 aliphatic heterocycles. The Morgan fingerprint density at radius 3 is 2.52 bits per heavy atom. The molecular weight excluding hydrogens is 354 g/mol. The van der Waals surface area contributed by atoms with Gasteiger partial charge in [0.25, 0.3) is 5.91 Å². The lowest BCUT2D eigenvalue weighted by Gasteiger charge is -2.22. The summed E-state index contributed by atoms with van der Waals surface area (Å²) in [6.07, 6.45) is 2.16. The highest BCUT2D eigenvalue weighted by molar-refractivity contribution is 9.10. The number of H-pyrrole nitrogens is 1. The Hall–Kier alpha value is -1.62. The number of amides is 1. The van der Waals surface area contributed by atoms with Gasteiger partial charge < -0.3 is 4.90 Å². The first-order valence-electron chi connectivity index (χ1n) is 8.07. The number of carbonyl (C=O) groups excluding carboxylic acids is 1. The van der Waals surface area contributed by atoms with E-state index in [-0.39, 0.29) is 5.91 Å². The molecule has 4 nitrogen and oxygen atoms in total. The minimum Gasteiger partial charge on any atom is -0.330 e. The largest absolute Gasteiger partial charge is 0.330 e. The maximum atomic E-state index is 13.0. The zero-order valence-corrected chi connectivity index (χ0v) is 15.4. The summed E-state index contributed by atoms with van der Waals surface area (Å²) in [5.74, 6) is 0.299. The number of benzene rings is 1. The van der Waals surface area contributed by atoms with Crippen LogP contribution in [0.2, 0.25) is 0 Å². The minimum atomic E-state index is 0.00287. The van der Waals surface area contributed by atoms with E-state index < -0.39 is 0 Å². The van der Waals surface area contributed by atoms with E-state index >= 15 is 0 Å². The molecule has 1 aromatic carbocycles. The Morgan fingerprint density at radius 1 is 1.35 bits per heavy atom. The third-order valence-corrected chi connectivity index (χ3v) is 5.04. The third-order valence-electron chi connectivity index (χ3n) is 4.23. The SMILES string of the molecule is Cc1ccc(CN(C(=O)c2n[nH]c(C(C)C)c2Br)C2CC2)cc1. The van der Waals surface area contributed by atoms with Crippen molar-refractivity contribution in [3.05, 3.63) is 51.3 Å². The van der Waals surface area contributed by atoms with Crippen LogP contribution in [0.4, 0.5) is 0 Å². The second kappa shape index (κ2) is 6.48. The van der Waals surface area contributed by atoms with Gasteiger partial charge in [-0.25, -0.2) is 0 Å². The number of aryl methyl sites for hydroxylation is 1. The summed E-state index contributed by atoms with van der Waals surface area (Å²) in [4.78, 5) is 14.9. The van der Waals surface area contributed by atoms with Crippen molar-refractivity contribution in [3.63, 3.8) is 0 Å². The van der Waals surface area contributed by atoms with Crippen LogP contribution in [0.15, 0.2) is 28.7 Å². The molecule has 1 heterocycles. The van der Waals surface area contributed by atoms with E-state index in [1.807, 2.05) is 4.90 Å². The van der Waals surface area contributed by atoms with Gasteiger partial charge in [-0.05, 0) is 47.2 Å². The molecule has 1 aliphatic carbocycles. The van der Waals surface area contributed by atoms with Crippen LogP contribution in [0.25, 0.3) is 0 Å². The van der Waals surface area contributed by atoms with Crippen molar-refractivity contribution < 1.29 is 4.79 Å². The van der Waals surface area contributed by atoms with Crippen molar-refractivity contribution in [2.75, 3.05) is 0 Å². The standard InChI is InChI=1S/C18H22BrN3O/c1-11(2)16-15(19)17(21-20-16)18(23)22(14-8-9-14)10-13-6-4-12(3)5-7-13/h4-7,11,14H,8-10H2,1-3H3,(H,20,21). The molecule has 0 radical (unpaired) electrons. The summed E-state index contributed by atoms with van der Waals surface area (Å²) in [7, 11) is 0. The Balaban J connectivity index is 1.83. The molecule has 1 saturated carbocycles. The summed E-state index contributed by atoms with van der Waals surface area (Å²) < 4.78 is 0.798. The lowest BCUT2D eigenvalue weighted by atomic mass is 10.1. The van der Waals surface area contributed by atoms with E-state index in [1.54, 1.807) is 0 Å². The Bertz CT molecular complexity index is 702. The Labute approximate surface area is 145 Å². The predicted octanol–water partition coefficient (Wildman–Crippen LogP) is 4.41. The lowest BCUT2D eigenvalue weighted by molar-refractivity contribution is 0.0723. The van der Waals surface area contributed by atoms with Crippen molar-refractivity contribution >= 4 is 21.8 Å². The van der Waals surface area contributed by atoms with Gasteiger partial charge in [0, 0.05) is 12.6 Å². The first-order chi connectivity index (χ1) is 11.0. The fraction of sp³-hybridized carbons (Fsp3) is 0.444. The molecule has 2 aromatic rings. The van der Waals surface area contributed by atoms with Gasteiger partial charge >= 0.3 is 0 Å². The lowest BCUT2D eigenvalue weighted by Crippen LogP contribution is -2.33. The molecule has 0 saturated heterocycles. The van der Waals surface area contributed by atoms with Crippen LogP contribution < -0.4 is 0 Å². The highest BCUT2D eigenvalue weighted by Gasteiger charge is 2.35. The minimum absolute atomic E-state index is 0.00287. The quantitative estimate of drug-likeness (QED) is 0.841. The van der Waals surface area contributed by atoms with Crippen LogP contribution in [0, 0.1) is 6.92 Å². The van der Waals surface area contributed by atoms with Crippen molar-refractivity contribution in [2.45, 2.75) is 52.1 Å². The molecule has 1 aliphatic rings. The van der Waals surface area contributed by atoms with E-state index in [4.69, 9.17) is 0 Å². The van der Waals surface area contributed by atoms with Gasteiger partial charge in [-0.3, -0.25) is 9.89 Å². The number of nitrogens with one attached hydrogen (secondary N) is 1. The van der Waals surface area contributed by atoms with Gasteiger partial charge in [-0.1, -0.05) is 43.7 Å². The number of aromatic nitrogens is 2. The van der Waals surface area contributed by atoms with Gasteiger partial charge in [0.05, 0.1) is 10.2 Å². The molecule has 0 unspecified atom stereocenters. The van der Waals surface area contributed by atoms with Crippen molar-refractivity contribution in [1.82, 2.24) is 15.1 Å². The monoisotopic (exact) mass is 375 g/mol. The van der Waals surface area contributed by atoms with Crippen LogP contribution in [-0.2, 0) is 6.54 Å². The van der Waals surface area contributed by atoms with Gasteiger partial charge in [0.2, 0.25) is 0 Å². The summed E-state index contributed by atoms with van der Waals surface area (Å²) in [6.45, 7) is 6.87. The molecule has 0 bridgehead atoms. The summed E-state index contributed by atoms with van der Waals surface area (Å²) >= 11 is 3.54. The number of rotatable bonds is 5. The number of nitrogens with zero attached hydrogens (tertiary/aromatic N) is 2.